The fourth-order valence-electron chi connectivity index (χ4n) is 3.02. The first kappa shape index (κ1) is 18.6. The Morgan fingerprint density at radius 3 is 2.46 bits per heavy atom. The zero-order valence-corrected chi connectivity index (χ0v) is 14.6. The average Bonchev–Trinajstić information content (AvgIpc) is 2.62. The van der Waals surface area contributed by atoms with E-state index in [0.29, 0.717) is 0 Å². The molecular formula is C18H17ClF3N3O. The molecule has 1 aromatic carbocycles. The first-order valence-corrected chi connectivity index (χ1v) is 8.72. The summed E-state index contributed by atoms with van der Waals surface area (Å²) in [6.07, 6.45) is 3.10. The van der Waals surface area contributed by atoms with Crippen molar-refractivity contribution < 1.29 is 18.0 Å². The normalized spacial score (nSPS) is 15.7. The van der Waals surface area contributed by atoms with Gasteiger partial charge in [-0.2, -0.15) is 13.2 Å². The number of amides is 1. The van der Waals surface area contributed by atoms with Crippen LogP contribution in [-0.2, 0) is 11.0 Å². The maximum atomic E-state index is 12.9. The molecule has 8 heteroatoms. The number of rotatable bonds is 3. The van der Waals surface area contributed by atoms with Gasteiger partial charge in [0.2, 0.25) is 5.91 Å². The van der Waals surface area contributed by atoms with Crippen molar-refractivity contribution in [2.45, 2.75) is 38.3 Å². The van der Waals surface area contributed by atoms with Crippen LogP contribution in [0.25, 0.3) is 11.3 Å². The number of hydrogen-bond acceptors (Lipinski definition) is 3. The summed E-state index contributed by atoms with van der Waals surface area (Å²) in [6, 6.07) is 3.03. The van der Waals surface area contributed by atoms with Crippen molar-refractivity contribution in [1.29, 1.82) is 0 Å². The highest BCUT2D eigenvalue weighted by molar-refractivity contribution is 6.33. The molecule has 1 N–H and O–H groups in total. The number of hydrogen-bond donors (Lipinski definition) is 1. The van der Waals surface area contributed by atoms with Crippen LogP contribution < -0.4 is 5.32 Å². The van der Waals surface area contributed by atoms with E-state index in [-0.39, 0.29) is 33.9 Å². The average molecular weight is 384 g/mol. The number of carbonyl (C=O) groups excluding carboxylic acids is 1. The van der Waals surface area contributed by atoms with Gasteiger partial charge in [-0.3, -0.25) is 9.78 Å². The van der Waals surface area contributed by atoms with Crippen LogP contribution in [0.2, 0.25) is 5.02 Å². The van der Waals surface area contributed by atoms with Gasteiger partial charge in [0.05, 0.1) is 28.7 Å². The summed E-state index contributed by atoms with van der Waals surface area (Å²) in [7, 11) is 0. The Labute approximate surface area is 153 Å². The molecule has 0 radical (unpaired) electrons. The Hall–Kier alpha value is -2.15. The molecule has 0 spiro atoms. The minimum atomic E-state index is -4.47. The minimum absolute atomic E-state index is 0.0249. The van der Waals surface area contributed by atoms with Crippen LogP contribution in [0.5, 0.6) is 0 Å². The van der Waals surface area contributed by atoms with Crippen molar-refractivity contribution in [2.75, 3.05) is 5.32 Å². The van der Waals surface area contributed by atoms with Gasteiger partial charge in [0, 0.05) is 11.5 Å². The van der Waals surface area contributed by atoms with Crippen LogP contribution in [0.15, 0.2) is 30.6 Å². The van der Waals surface area contributed by atoms with Crippen molar-refractivity contribution in [3.05, 3.63) is 41.2 Å². The number of anilines is 1. The number of nitrogens with one attached hydrogen (secondary N) is 1. The molecule has 1 fully saturated rings. The van der Waals surface area contributed by atoms with Gasteiger partial charge in [0.1, 0.15) is 0 Å². The molecule has 1 aliphatic carbocycles. The molecular weight excluding hydrogens is 367 g/mol. The predicted molar refractivity (Wildman–Crippen MR) is 92.7 cm³/mol. The van der Waals surface area contributed by atoms with Crippen molar-refractivity contribution in [1.82, 2.24) is 9.97 Å². The fourth-order valence-corrected chi connectivity index (χ4v) is 3.24. The van der Waals surface area contributed by atoms with Gasteiger partial charge in [-0.1, -0.05) is 30.9 Å². The maximum absolute atomic E-state index is 12.9. The van der Waals surface area contributed by atoms with Crippen LogP contribution in [0, 0.1) is 5.92 Å². The van der Waals surface area contributed by atoms with E-state index in [1.54, 1.807) is 0 Å². The predicted octanol–water partition coefficient (Wildman–Crippen LogP) is 5.33. The lowest BCUT2D eigenvalue weighted by Gasteiger charge is -2.20. The monoisotopic (exact) mass is 383 g/mol. The van der Waals surface area contributed by atoms with Gasteiger partial charge in [-0.15, -0.1) is 0 Å². The number of alkyl halides is 3. The molecule has 1 saturated carbocycles. The van der Waals surface area contributed by atoms with Gasteiger partial charge in [0.25, 0.3) is 0 Å². The second kappa shape index (κ2) is 7.61. The molecule has 0 unspecified atom stereocenters. The molecule has 4 nitrogen and oxygen atoms in total. The summed E-state index contributed by atoms with van der Waals surface area (Å²) in [5.41, 5.74) is -0.468. The van der Waals surface area contributed by atoms with Gasteiger partial charge >= 0.3 is 6.18 Å². The molecule has 1 aliphatic rings. The zero-order valence-electron chi connectivity index (χ0n) is 13.8. The molecule has 0 atom stereocenters. The van der Waals surface area contributed by atoms with Crippen molar-refractivity contribution in [3.63, 3.8) is 0 Å². The second-order valence-corrected chi connectivity index (χ2v) is 6.71. The standard InChI is InChI=1S/C18H17ClF3N3O/c19-14-7-6-12(18(20,21)22)8-13(14)15-9-24-16(10-23-15)25-17(26)11-4-2-1-3-5-11/h6-11H,1-5H2,(H,24,25,26). The highest BCUT2D eigenvalue weighted by atomic mass is 35.5. The van der Waals surface area contributed by atoms with E-state index in [4.69, 9.17) is 11.6 Å². The number of halogens is 4. The number of aromatic nitrogens is 2. The summed E-state index contributed by atoms with van der Waals surface area (Å²) in [4.78, 5) is 20.4. The lowest BCUT2D eigenvalue weighted by atomic mass is 9.89. The van der Waals surface area contributed by atoms with Crippen LogP contribution >= 0.6 is 11.6 Å². The molecule has 1 aromatic heterocycles. The first-order valence-electron chi connectivity index (χ1n) is 8.34. The van der Waals surface area contributed by atoms with Gasteiger partial charge < -0.3 is 5.32 Å². The molecule has 26 heavy (non-hydrogen) atoms. The van der Waals surface area contributed by atoms with Crippen molar-refractivity contribution in [2.24, 2.45) is 5.92 Å². The van der Waals surface area contributed by atoms with Crippen LogP contribution in [0.1, 0.15) is 37.7 Å². The van der Waals surface area contributed by atoms with Gasteiger partial charge in [-0.25, -0.2) is 4.98 Å². The third-order valence-corrected chi connectivity index (χ3v) is 4.78. The summed E-state index contributed by atoms with van der Waals surface area (Å²) >= 11 is 6.00. The van der Waals surface area contributed by atoms with E-state index in [9.17, 15) is 18.0 Å². The van der Waals surface area contributed by atoms with Crippen molar-refractivity contribution >= 4 is 23.3 Å². The molecule has 138 valence electrons. The van der Waals surface area contributed by atoms with E-state index < -0.39 is 11.7 Å². The summed E-state index contributed by atoms with van der Waals surface area (Å²) < 4.78 is 38.6. The third kappa shape index (κ3) is 4.33. The van der Waals surface area contributed by atoms with E-state index in [0.717, 1.165) is 44.2 Å². The zero-order chi connectivity index (χ0) is 18.7. The fraction of sp³-hybridized carbons (Fsp3) is 0.389. The SMILES string of the molecule is O=C(Nc1cnc(-c2cc(C(F)(F)F)ccc2Cl)cn1)C1CCCCC1. The van der Waals surface area contributed by atoms with E-state index in [1.165, 1.54) is 18.5 Å². The van der Waals surface area contributed by atoms with Crippen LogP contribution in [-0.4, -0.2) is 15.9 Å². The molecule has 1 amide bonds. The highest BCUT2D eigenvalue weighted by Gasteiger charge is 2.31. The van der Waals surface area contributed by atoms with Crippen LogP contribution in [0.3, 0.4) is 0 Å². The molecule has 0 bridgehead atoms. The molecule has 2 aromatic rings. The lowest BCUT2D eigenvalue weighted by Crippen LogP contribution is -2.25. The highest BCUT2D eigenvalue weighted by Crippen LogP contribution is 2.35. The Kier molecular flexibility index (Phi) is 5.46. The lowest BCUT2D eigenvalue weighted by molar-refractivity contribution is -0.137. The van der Waals surface area contributed by atoms with Crippen LogP contribution in [0.4, 0.5) is 19.0 Å². The summed E-state index contributed by atoms with van der Waals surface area (Å²) in [5, 5.41) is 2.86. The molecule has 0 aliphatic heterocycles. The third-order valence-electron chi connectivity index (χ3n) is 4.45. The second-order valence-electron chi connectivity index (χ2n) is 6.30. The molecule has 3 rings (SSSR count). The van der Waals surface area contributed by atoms with E-state index >= 15 is 0 Å². The quantitative estimate of drug-likeness (QED) is 0.778. The largest absolute Gasteiger partial charge is 0.416 e. The van der Waals surface area contributed by atoms with Gasteiger partial charge in [-0.05, 0) is 31.0 Å². The van der Waals surface area contributed by atoms with E-state index in [2.05, 4.69) is 15.3 Å². The van der Waals surface area contributed by atoms with E-state index in [1.807, 2.05) is 0 Å². The molecule has 1 heterocycles. The smallest absolute Gasteiger partial charge is 0.309 e. The minimum Gasteiger partial charge on any atom is -0.309 e. The first-order chi connectivity index (χ1) is 12.3. The Bertz CT molecular complexity index is 787. The van der Waals surface area contributed by atoms with Crippen molar-refractivity contribution in [3.8, 4) is 11.3 Å². The Morgan fingerprint density at radius 2 is 1.85 bits per heavy atom. The number of nitrogens with zero attached hydrogens (tertiary/aromatic N) is 2. The summed E-state index contributed by atoms with van der Waals surface area (Å²) in [5.74, 6) is 0.152. The Balaban J connectivity index is 1.76. The number of carbonyl (C=O) groups is 1. The maximum Gasteiger partial charge on any atom is 0.416 e. The molecule has 0 saturated heterocycles. The number of benzene rings is 1. The van der Waals surface area contributed by atoms with Gasteiger partial charge in [0.15, 0.2) is 5.82 Å². The summed E-state index contributed by atoms with van der Waals surface area (Å²) in [6.45, 7) is 0. The Morgan fingerprint density at radius 1 is 1.12 bits per heavy atom. The topological polar surface area (TPSA) is 54.9 Å².